The average Bonchev–Trinajstić information content (AvgIpc) is 2.92. The maximum atomic E-state index is 12.4. The molecular formula is C17H25ClF2N2O3. The number of amides is 1. The normalized spacial score (nSPS) is 19.4. The molecule has 3 N–H and O–H groups in total. The third-order valence-electron chi connectivity index (χ3n) is 4.35. The SMILES string of the molecule is COc1ccc(CCNC(=O)C[C@@H]2CCC[C@H]2N)cc1OC(F)F.Cl. The summed E-state index contributed by atoms with van der Waals surface area (Å²) in [5, 5.41) is 2.85. The van der Waals surface area contributed by atoms with Gasteiger partial charge in [0.25, 0.3) is 0 Å². The van der Waals surface area contributed by atoms with E-state index < -0.39 is 6.61 Å². The van der Waals surface area contributed by atoms with Crippen LogP contribution in [0.25, 0.3) is 0 Å². The molecule has 0 spiro atoms. The average molecular weight is 379 g/mol. The summed E-state index contributed by atoms with van der Waals surface area (Å²) in [6, 6.07) is 4.96. The fourth-order valence-corrected chi connectivity index (χ4v) is 3.04. The summed E-state index contributed by atoms with van der Waals surface area (Å²) >= 11 is 0. The van der Waals surface area contributed by atoms with E-state index >= 15 is 0 Å². The summed E-state index contributed by atoms with van der Waals surface area (Å²) in [7, 11) is 1.39. The molecule has 1 aromatic rings. The number of alkyl halides is 2. The maximum Gasteiger partial charge on any atom is 0.387 e. The first kappa shape index (κ1) is 21.4. The lowest BCUT2D eigenvalue weighted by atomic mass is 10.00. The van der Waals surface area contributed by atoms with Crippen molar-refractivity contribution in [2.24, 2.45) is 11.7 Å². The molecule has 1 aliphatic rings. The van der Waals surface area contributed by atoms with E-state index in [1.54, 1.807) is 12.1 Å². The monoisotopic (exact) mass is 378 g/mol. The second-order valence-electron chi connectivity index (χ2n) is 6.02. The molecule has 1 aromatic carbocycles. The zero-order chi connectivity index (χ0) is 17.5. The van der Waals surface area contributed by atoms with Crippen LogP contribution in [0.2, 0.25) is 0 Å². The van der Waals surface area contributed by atoms with Gasteiger partial charge < -0.3 is 20.5 Å². The first-order valence-corrected chi connectivity index (χ1v) is 8.13. The smallest absolute Gasteiger partial charge is 0.387 e. The minimum absolute atomic E-state index is 0. The molecule has 2 atom stereocenters. The molecule has 0 heterocycles. The fraction of sp³-hybridized carbons (Fsp3) is 0.588. The van der Waals surface area contributed by atoms with Crippen molar-refractivity contribution in [1.82, 2.24) is 5.32 Å². The molecule has 0 bridgehead atoms. The van der Waals surface area contributed by atoms with Crippen LogP contribution in [0, 0.1) is 5.92 Å². The summed E-state index contributed by atoms with van der Waals surface area (Å²) in [5.41, 5.74) is 6.75. The van der Waals surface area contributed by atoms with Crippen LogP contribution in [0.4, 0.5) is 8.78 Å². The third-order valence-corrected chi connectivity index (χ3v) is 4.35. The van der Waals surface area contributed by atoms with E-state index in [0.717, 1.165) is 24.8 Å². The van der Waals surface area contributed by atoms with Crippen LogP contribution in [-0.2, 0) is 11.2 Å². The van der Waals surface area contributed by atoms with Crippen molar-refractivity contribution in [3.63, 3.8) is 0 Å². The van der Waals surface area contributed by atoms with Crippen molar-refractivity contribution in [3.05, 3.63) is 23.8 Å². The summed E-state index contributed by atoms with van der Waals surface area (Å²) < 4.78 is 34.2. The number of carbonyl (C=O) groups excluding carboxylic acids is 1. The molecule has 2 rings (SSSR count). The molecule has 0 aliphatic heterocycles. The van der Waals surface area contributed by atoms with Gasteiger partial charge in [-0.3, -0.25) is 4.79 Å². The predicted octanol–water partition coefficient (Wildman–Crippen LogP) is 2.89. The van der Waals surface area contributed by atoms with Crippen LogP contribution in [0.15, 0.2) is 18.2 Å². The Hall–Kier alpha value is -1.60. The molecule has 0 saturated heterocycles. The Morgan fingerprint density at radius 3 is 2.72 bits per heavy atom. The second kappa shape index (κ2) is 10.4. The number of carbonyl (C=O) groups is 1. The van der Waals surface area contributed by atoms with Crippen molar-refractivity contribution >= 4 is 18.3 Å². The van der Waals surface area contributed by atoms with E-state index in [1.807, 2.05) is 0 Å². The van der Waals surface area contributed by atoms with Crippen molar-refractivity contribution in [3.8, 4) is 11.5 Å². The van der Waals surface area contributed by atoms with Crippen LogP contribution < -0.4 is 20.5 Å². The lowest BCUT2D eigenvalue weighted by Crippen LogP contribution is -2.32. The molecule has 8 heteroatoms. The number of nitrogens with two attached hydrogens (primary N) is 1. The van der Waals surface area contributed by atoms with Gasteiger partial charge in [-0.2, -0.15) is 8.78 Å². The minimum atomic E-state index is -2.91. The zero-order valence-electron chi connectivity index (χ0n) is 14.2. The molecule has 25 heavy (non-hydrogen) atoms. The van der Waals surface area contributed by atoms with Gasteiger partial charge in [-0.1, -0.05) is 12.5 Å². The Bertz CT molecular complexity index is 561. The van der Waals surface area contributed by atoms with Crippen LogP contribution in [0.1, 0.15) is 31.2 Å². The first-order valence-electron chi connectivity index (χ1n) is 8.13. The van der Waals surface area contributed by atoms with Crippen molar-refractivity contribution in [1.29, 1.82) is 0 Å². The van der Waals surface area contributed by atoms with Gasteiger partial charge in [0.05, 0.1) is 7.11 Å². The van der Waals surface area contributed by atoms with E-state index in [2.05, 4.69) is 10.1 Å². The summed E-state index contributed by atoms with van der Waals surface area (Å²) in [4.78, 5) is 11.9. The standard InChI is InChI=1S/C17H24F2N2O3.ClH/c1-23-14-6-5-11(9-15(14)24-17(18)19)7-8-21-16(22)10-12-3-2-4-13(12)20;/h5-6,9,12-13,17H,2-4,7-8,10,20H2,1H3,(H,21,22);1H/t12-,13+;/m0./s1. The first-order chi connectivity index (χ1) is 11.5. The van der Waals surface area contributed by atoms with Gasteiger partial charge in [-0.05, 0) is 42.9 Å². The molecule has 1 saturated carbocycles. The maximum absolute atomic E-state index is 12.4. The van der Waals surface area contributed by atoms with E-state index in [4.69, 9.17) is 10.5 Å². The highest BCUT2D eigenvalue weighted by molar-refractivity contribution is 5.85. The van der Waals surface area contributed by atoms with Crippen molar-refractivity contribution < 1.29 is 23.0 Å². The molecule has 1 amide bonds. The van der Waals surface area contributed by atoms with E-state index in [0.29, 0.717) is 19.4 Å². The number of halogens is 3. The van der Waals surface area contributed by atoms with E-state index in [1.165, 1.54) is 13.2 Å². The molecule has 1 aliphatic carbocycles. The predicted molar refractivity (Wildman–Crippen MR) is 93.5 cm³/mol. The number of hydrogen-bond acceptors (Lipinski definition) is 4. The fourth-order valence-electron chi connectivity index (χ4n) is 3.04. The summed E-state index contributed by atoms with van der Waals surface area (Å²) in [5.74, 6) is 0.485. The highest BCUT2D eigenvalue weighted by Gasteiger charge is 2.25. The van der Waals surface area contributed by atoms with Crippen molar-refractivity contribution in [2.45, 2.75) is 44.8 Å². The topological polar surface area (TPSA) is 73.6 Å². The van der Waals surface area contributed by atoms with E-state index in [9.17, 15) is 13.6 Å². The van der Waals surface area contributed by atoms with Gasteiger partial charge >= 0.3 is 6.61 Å². The van der Waals surface area contributed by atoms with Crippen molar-refractivity contribution in [2.75, 3.05) is 13.7 Å². The molecular weight excluding hydrogens is 354 g/mol. The second-order valence-corrected chi connectivity index (χ2v) is 6.02. The Labute approximate surface area is 152 Å². The molecule has 5 nitrogen and oxygen atoms in total. The van der Waals surface area contributed by atoms with Gasteiger partial charge in [0.1, 0.15) is 0 Å². The Morgan fingerprint density at radius 1 is 1.36 bits per heavy atom. The highest BCUT2D eigenvalue weighted by Crippen LogP contribution is 2.29. The van der Waals surface area contributed by atoms with Gasteiger partial charge in [-0.15, -0.1) is 12.4 Å². The lowest BCUT2D eigenvalue weighted by molar-refractivity contribution is -0.122. The van der Waals surface area contributed by atoms with Crippen LogP contribution in [0.3, 0.4) is 0 Å². The molecule has 0 unspecified atom stereocenters. The number of rotatable bonds is 8. The highest BCUT2D eigenvalue weighted by atomic mass is 35.5. The quantitative estimate of drug-likeness (QED) is 0.729. The number of benzene rings is 1. The molecule has 1 fully saturated rings. The lowest BCUT2D eigenvalue weighted by Gasteiger charge is -2.15. The summed E-state index contributed by atoms with van der Waals surface area (Å²) in [6.45, 7) is -2.48. The molecule has 142 valence electrons. The van der Waals surface area contributed by atoms with Gasteiger partial charge in [-0.25, -0.2) is 0 Å². The number of methoxy groups -OCH3 is 1. The Kier molecular flexibility index (Phi) is 8.92. The van der Waals surface area contributed by atoms with Crippen LogP contribution in [-0.4, -0.2) is 32.2 Å². The van der Waals surface area contributed by atoms with E-state index in [-0.39, 0.29) is 41.8 Å². The summed E-state index contributed by atoms with van der Waals surface area (Å²) in [6.07, 6.45) is 4.03. The number of ether oxygens (including phenoxy) is 2. The largest absolute Gasteiger partial charge is 0.493 e. The van der Waals surface area contributed by atoms with Gasteiger partial charge in [0, 0.05) is 19.0 Å². The zero-order valence-corrected chi connectivity index (χ0v) is 15.0. The Balaban J connectivity index is 0.00000312. The molecule has 0 radical (unpaired) electrons. The van der Waals surface area contributed by atoms with Gasteiger partial charge in [0.2, 0.25) is 5.91 Å². The number of hydrogen-bond donors (Lipinski definition) is 2. The minimum Gasteiger partial charge on any atom is -0.493 e. The Morgan fingerprint density at radius 2 is 2.12 bits per heavy atom. The molecule has 0 aromatic heterocycles. The number of nitrogens with one attached hydrogen (secondary N) is 1. The third kappa shape index (κ3) is 6.66. The van der Waals surface area contributed by atoms with Gasteiger partial charge in [0.15, 0.2) is 11.5 Å². The van der Waals surface area contributed by atoms with Crippen LogP contribution >= 0.6 is 12.4 Å². The van der Waals surface area contributed by atoms with Crippen LogP contribution in [0.5, 0.6) is 11.5 Å².